The molecule has 1 aromatic carbocycles. The van der Waals surface area contributed by atoms with Crippen molar-refractivity contribution in [3.63, 3.8) is 0 Å². The molecule has 0 aliphatic carbocycles. The highest BCUT2D eigenvalue weighted by Crippen LogP contribution is 2.25. The number of benzene rings is 1. The van der Waals surface area contributed by atoms with Crippen molar-refractivity contribution >= 4 is 16.9 Å². The van der Waals surface area contributed by atoms with Gasteiger partial charge in [0.2, 0.25) is 5.76 Å². The highest BCUT2D eigenvalue weighted by atomic mass is 16.4. The molecule has 2 aromatic rings. The van der Waals surface area contributed by atoms with E-state index in [-0.39, 0.29) is 5.76 Å². The van der Waals surface area contributed by atoms with Crippen LogP contribution in [0.5, 0.6) is 0 Å². The van der Waals surface area contributed by atoms with E-state index in [4.69, 9.17) is 9.52 Å². The smallest absolute Gasteiger partial charge is 0.371 e. The third kappa shape index (κ3) is 2.08. The molecular formula is C13H16O3. The quantitative estimate of drug-likeness (QED) is 0.795. The van der Waals surface area contributed by atoms with Gasteiger partial charge in [0.25, 0.3) is 0 Å². The van der Waals surface area contributed by atoms with Crippen LogP contribution in [0.2, 0.25) is 0 Å². The van der Waals surface area contributed by atoms with Crippen molar-refractivity contribution in [2.45, 2.75) is 27.7 Å². The van der Waals surface area contributed by atoms with Gasteiger partial charge in [-0.05, 0) is 31.0 Å². The Bertz CT molecular complexity index is 470. The van der Waals surface area contributed by atoms with Gasteiger partial charge < -0.3 is 9.52 Å². The minimum atomic E-state index is -1.03. The average molecular weight is 220 g/mol. The maximum absolute atomic E-state index is 10.7. The van der Waals surface area contributed by atoms with Crippen molar-refractivity contribution in [3.8, 4) is 0 Å². The second kappa shape index (κ2) is 4.84. The summed E-state index contributed by atoms with van der Waals surface area (Å²) in [6, 6.07) is 5.45. The molecule has 0 radical (unpaired) electrons. The van der Waals surface area contributed by atoms with E-state index in [0.29, 0.717) is 5.58 Å². The Kier molecular flexibility index (Phi) is 3.72. The summed E-state index contributed by atoms with van der Waals surface area (Å²) in [5, 5.41) is 9.65. The van der Waals surface area contributed by atoms with Gasteiger partial charge >= 0.3 is 5.97 Å². The topological polar surface area (TPSA) is 50.4 Å². The van der Waals surface area contributed by atoms with Crippen molar-refractivity contribution in [1.29, 1.82) is 0 Å². The van der Waals surface area contributed by atoms with Crippen molar-refractivity contribution in [1.82, 2.24) is 0 Å². The number of fused-ring (bicyclic) bond motifs is 1. The summed E-state index contributed by atoms with van der Waals surface area (Å²) < 4.78 is 5.24. The van der Waals surface area contributed by atoms with E-state index in [1.54, 1.807) is 6.07 Å². The lowest BCUT2D eigenvalue weighted by Gasteiger charge is -1.96. The van der Waals surface area contributed by atoms with Crippen LogP contribution in [0.15, 0.2) is 22.6 Å². The lowest BCUT2D eigenvalue weighted by Crippen LogP contribution is -1.91. The summed E-state index contributed by atoms with van der Waals surface area (Å²) in [7, 11) is 0. The molecule has 3 nitrogen and oxygen atoms in total. The Morgan fingerprint density at radius 2 is 1.75 bits per heavy atom. The number of hydrogen-bond acceptors (Lipinski definition) is 2. The number of rotatable bonds is 1. The Labute approximate surface area is 94.7 Å². The van der Waals surface area contributed by atoms with E-state index in [1.807, 2.05) is 39.8 Å². The van der Waals surface area contributed by atoms with Crippen LogP contribution in [0.25, 0.3) is 11.0 Å². The maximum atomic E-state index is 10.7. The zero-order valence-electron chi connectivity index (χ0n) is 10.00. The fourth-order valence-electron chi connectivity index (χ4n) is 1.50. The number of carbonyl (C=O) groups is 1. The number of aromatic carboxylic acids is 1. The Morgan fingerprint density at radius 1 is 1.19 bits per heavy atom. The van der Waals surface area contributed by atoms with Gasteiger partial charge in [-0.2, -0.15) is 0 Å². The summed E-state index contributed by atoms with van der Waals surface area (Å²) in [6.45, 7) is 7.83. The number of aryl methyl sites for hydroxylation is 2. The molecule has 0 aliphatic rings. The van der Waals surface area contributed by atoms with Gasteiger partial charge in [0.05, 0.1) is 0 Å². The molecule has 0 bridgehead atoms. The summed E-state index contributed by atoms with van der Waals surface area (Å²) in [4.78, 5) is 10.7. The first-order valence-corrected chi connectivity index (χ1v) is 5.32. The lowest BCUT2D eigenvalue weighted by atomic mass is 10.1. The molecule has 3 heteroatoms. The Hall–Kier alpha value is -1.77. The van der Waals surface area contributed by atoms with Crippen LogP contribution >= 0.6 is 0 Å². The predicted octanol–water partition coefficient (Wildman–Crippen LogP) is 3.77. The second-order valence-electron chi connectivity index (χ2n) is 3.36. The van der Waals surface area contributed by atoms with Gasteiger partial charge in [-0.25, -0.2) is 4.79 Å². The van der Waals surface area contributed by atoms with Crippen LogP contribution in [0.3, 0.4) is 0 Å². The largest absolute Gasteiger partial charge is 0.475 e. The van der Waals surface area contributed by atoms with Crippen molar-refractivity contribution in [2.24, 2.45) is 0 Å². The van der Waals surface area contributed by atoms with Gasteiger partial charge in [-0.1, -0.05) is 26.0 Å². The molecular weight excluding hydrogens is 204 g/mol. The van der Waals surface area contributed by atoms with Crippen LogP contribution in [0.1, 0.15) is 35.5 Å². The zero-order valence-corrected chi connectivity index (χ0v) is 10.00. The van der Waals surface area contributed by atoms with E-state index in [2.05, 4.69) is 0 Å². The van der Waals surface area contributed by atoms with Crippen molar-refractivity contribution < 1.29 is 14.3 Å². The van der Waals surface area contributed by atoms with Gasteiger partial charge in [0.1, 0.15) is 5.58 Å². The highest BCUT2D eigenvalue weighted by Gasteiger charge is 2.12. The SMILES string of the molecule is CC.Cc1ccc(C)c2oc(C(=O)O)cc12. The number of hydrogen-bond donors (Lipinski definition) is 1. The fraction of sp³-hybridized carbons (Fsp3) is 0.308. The molecule has 0 saturated carbocycles. The van der Waals surface area contributed by atoms with Crippen LogP contribution in [-0.2, 0) is 0 Å². The molecule has 0 atom stereocenters. The number of furan rings is 1. The van der Waals surface area contributed by atoms with E-state index in [9.17, 15) is 4.79 Å². The third-order valence-electron chi connectivity index (χ3n) is 2.31. The molecule has 0 unspecified atom stereocenters. The Balaban J connectivity index is 0.000000606. The first kappa shape index (κ1) is 12.3. The molecule has 0 aliphatic heterocycles. The molecule has 1 aromatic heterocycles. The summed E-state index contributed by atoms with van der Waals surface area (Å²) in [5.74, 6) is -1.03. The molecule has 2 rings (SSSR count). The highest BCUT2D eigenvalue weighted by molar-refractivity contribution is 5.93. The monoisotopic (exact) mass is 220 g/mol. The number of carboxylic acid groups (broad SMARTS) is 1. The second-order valence-corrected chi connectivity index (χ2v) is 3.36. The van der Waals surface area contributed by atoms with Crippen LogP contribution in [0, 0.1) is 13.8 Å². The third-order valence-corrected chi connectivity index (χ3v) is 2.31. The van der Waals surface area contributed by atoms with Crippen molar-refractivity contribution in [3.05, 3.63) is 35.1 Å². The van der Waals surface area contributed by atoms with Crippen LogP contribution < -0.4 is 0 Å². The normalized spacial score (nSPS) is 9.75. The van der Waals surface area contributed by atoms with E-state index >= 15 is 0 Å². The fourth-order valence-corrected chi connectivity index (χ4v) is 1.50. The van der Waals surface area contributed by atoms with Gasteiger partial charge in [0, 0.05) is 5.39 Å². The minimum absolute atomic E-state index is 0.00241. The molecule has 1 N–H and O–H groups in total. The summed E-state index contributed by atoms with van der Waals surface area (Å²) in [6.07, 6.45) is 0. The van der Waals surface area contributed by atoms with Gasteiger partial charge in [-0.3, -0.25) is 0 Å². The van der Waals surface area contributed by atoms with Gasteiger partial charge in [0.15, 0.2) is 0 Å². The molecule has 0 saturated heterocycles. The molecule has 0 amide bonds. The summed E-state index contributed by atoms with van der Waals surface area (Å²) >= 11 is 0. The maximum Gasteiger partial charge on any atom is 0.371 e. The summed E-state index contributed by atoms with van der Waals surface area (Å²) in [5.41, 5.74) is 2.65. The lowest BCUT2D eigenvalue weighted by molar-refractivity contribution is 0.0665. The first-order valence-electron chi connectivity index (χ1n) is 5.32. The van der Waals surface area contributed by atoms with Crippen molar-refractivity contribution in [2.75, 3.05) is 0 Å². The zero-order chi connectivity index (χ0) is 12.3. The molecule has 86 valence electrons. The van der Waals surface area contributed by atoms with Crippen LogP contribution in [-0.4, -0.2) is 11.1 Å². The molecule has 0 fully saturated rings. The molecule has 0 spiro atoms. The molecule has 1 heterocycles. The average Bonchev–Trinajstić information content (AvgIpc) is 2.72. The van der Waals surface area contributed by atoms with E-state index in [1.165, 1.54) is 0 Å². The Morgan fingerprint density at radius 3 is 2.25 bits per heavy atom. The van der Waals surface area contributed by atoms with E-state index < -0.39 is 5.97 Å². The standard InChI is InChI=1S/C11H10O3.C2H6/c1-6-3-4-7(2)10-8(6)5-9(14-10)11(12)13;1-2/h3-5H,1-2H3,(H,12,13);1-2H3. The van der Waals surface area contributed by atoms with E-state index in [0.717, 1.165) is 16.5 Å². The van der Waals surface area contributed by atoms with Gasteiger partial charge in [-0.15, -0.1) is 0 Å². The first-order chi connectivity index (χ1) is 7.59. The molecule has 16 heavy (non-hydrogen) atoms. The van der Waals surface area contributed by atoms with Crippen LogP contribution in [0.4, 0.5) is 0 Å². The minimum Gasteiger partial charge on any atom is -0.475 e. The number of carboxylic acids is 1. The predicted molar refractivity (Wildman–Crippen MR) is 64.0 cm³/mol.